The summed E-state index contributed by atoms with van der Waals surface area (Å²) >= 11 is 0. The zero-order valence-electron chi connectivity index (χ0n) is 15.2. The first kappa shape index (κ1) is 17.7. The maximum absolute atomic E-state index is 13.2. The molecule has 2 aromatic rings. The molecule has 140 valence electrons. The molecule has 2 saturated carbocycles. The number of amides is 1. The van der Waals surface area contributed by atoms with Gasteiger partial charge in [0.05, 0.1) is 35.5 Å². The van der Waals surface area contributed by atoms with Crippen molar-refractivity contribution in [2.24, 2.45) is 5.92 Å². The zero-order valence-corrected chi connectivity index (χ0v) is 15.2. The Bertz CT molecular complexity index is 851. The molecule has 1 aromatic heterocycles. The van der Waals surface area contributed by atoms with Crippen LogP contribution < -0.4 is 5.32 Å². The van der Waals surface area contributed by atoms with E-state index in [9.17, 15) is 9.90 Å². The lowest BCUT2D eigenvalue weighted by Crippen LogP contribution is -2.53. The highest BCUT2D eigenvalue weighted by Gasteiger charge is 2.47. The van der Waals surface area contributed by atoms with E-state index in [1.54, 1.807) is 18.6 Å². The average Bonchev–Trinajstić information content (AvgIpc) is 3.24. The summed E-state index contributed by atoms with van der Waals surface area (Å²) in [5, 5.41) is 22.7. The molecule has 0 radical (unpaired) electrons. The summed E-state index contributed by atoms with van der Waals surface area (Å²) in [5.41, 5.74) is 0.926. The number of imidazole rings is 1. The fraction of sp³-hybridized carbons (Fsp3) is 0.476. The molecule has 0 saturated heterocycles. The topological polar surface area (TPSA) is 90.9 Å². The number of nitriles is 1. The zero-order chi connectivity index (χ0) is 18.9. The molecule has 1 aromatic carbocycles. The lowest BCUT2D eigenvalue weighted by atomic mass is 9.63. The van der Waals surface area contributed by atoms with Crippen LogP contribution in [0.4, 0.5) is 0 Å². The highest BCUT2D eigenvalue weighted by atomic mass is 16.3. The smallest absolute Gasteiger partial charge is 0.230 e. The van der Waals surface area contributed by atoms with Crippen LogP contribution in [0.1, 0.15) is 43.2 Å². The number of carbonyl (C=O) groups is 1. The van der Waals surface area contributed by atoms with E-state index < -0.39 is 11.5 Å². The van der Waals surface area contributed by atoms with E-state index in [0.717, 1.165) is 37.8 Å². The van der Waals surface area contributed by atoms with E-state index in [2.05, 4.69) is 16.4 Å². The molecule has 0 bridgehead atoms. The summed E-state index contributed by atoms with van der Waals surface area (Å²) in [6.07, 6.45) is 8.95. The SMILES string of the molecule is N#Cc1cccc(C2(C(=O)N[C@@H]3CC(Cn4ccnc4)C[C@H]3O)CCC2)c1. The van der Waals surface area contributed by atoms with Crippen molar-refractivity contribution < 1.29 is 9.90 Å². The van der Waals surface area contributed by atoms with Crippen molar-refractivity contribution in [3.05, 3.63) is 54.1 Å². The van der Waals surface area contributed by atoms with Crippen LogP contribution in [0.3, 0.4) is 0 Å². The Morgan fingerprint density at radius 3 is 2.93 bits per heavy atom. The number of nitrogens with zero attached hydrogens (tertiary/aromatic N) is 3. The van der Waals surface area contributed by atoms with Crippen LogP contribution in [0.5, 0.6) is 0 Å². The fourth-order valence-corrected chi connectivity index (χ4v) is 4.49. The van der Waals surface area contributed by atoms with E-state index in [1.165, 1.54) is 0 Å². The van der Waals surface area contributed by atoms with Crippen molar-refractivity contribution in [1.29, 1.82) is 5.26 Å². The Labute approximate surface area is 158 Å². The molecule has 2 N–H and O–H groups in total. The van der Waals surface area contributed by atoms with Crippen molar-refractivity contribution in [3.8, 4) is 6.07 Å². The number of hydrogen-bond acceptors (Lipinski definition) is 4. The third-order valence-corrected chi connectivity index (χ3v) is 6.16. The number of aromatic nitrogens is 2. The van der Waals surface area contributed by atoms with Gasteiger partial charge < -0.3 is 15.0 Å². The van der Waals surface area contributed by atoms with E-state index in [-0.39, 0.29) is 11.9 Å². The second-order valence-corrected chi connectivity index (χ2v) is 7.87. The average molecular weight is 364 g/mol. The highest BCUT2D eigenvalue weighted by molar-refractivity contribution is 5.89. The molecule has 0 aliphatic heterocycles. The molecular formula is C21H24N4O2. The summed E-state index contributed by atoms with van der Waals surface area (Å²) in [7, 11) is 0. The Morgan fingerprint density at radius 1 is 1.41 bits per heavy atom. The van der Waals surface area contributed by atoms with Gasteiger partial charge in [0, 0.05) is 18.9 Å². The van der Waals surface area contributed by atoms with E-state index in [4.69, 9.17) is 5.26 Å². The van der Waals surface area contributed by atoms with Crippen LogP contribution in [-0.2, 0) is 16.8 Å². The predicted molar refractivity (Wildman–Crippen MR) is 99.6 cm³/mol. The lowest BCUT2D eigenvalue weighted by molar-refractivity contribution is -0.131. The standard InChI is InChI=1S/C21H24N4O2/c22-12-15-3-1-4-17(9-15)21(5-2-6-21)20(27)24-18-10-16(11-19(18)26)13-25-8-7-23-14-25/h1,3-4,7-9,14,16,18-19,26H,2,5-6,10-11,13H2,(H,24,27)/t16?,18-,19-/m1/s1. The summed E-state index contributed by atoms with van der Waals surface area (Å²) in [6.45, 7) is 0.804. The van der Waals surface area contributed by atoms with Crippen LogP contribution in [0.15, 0.2) is 43.0 Å². The van der Waals surface area contributed by atoms with Crippen molar-refractivity contribution in [3.63, 3.8) is 0 Å². The number of aliphatic hydroxyl groups is 1. The first-order chi connectivity index (χ1) is 13.1. The second kappa shape index (κ2) is 7.16. The lowest BCUT2D eigenvalue weighted by Gasteiger charge is -2.41. The summed E-state index contributed by atoms with van der Waals surface area (Å²) in [4.78, 5) is 17.2. The quantitative estimate of drug-likeness (QED) is 0.850. The number of aliphatic hydroxyl groups excluding tert-OH is 1. The van der Waals surface area contributed by atoms with Gasteiger partial charge in [-0.15, -0.1) is 0 Å². The van der Waals surface area contributed by atoms with Gasteiger partial charge in [0.1, 0.15) is 0 Å². The molecule has 1 heterocycles. The van der Waals surface area contributed by atoms with Crippen molar-refractivity contribution in [2.75, 3.05) is 0 Å². The molecule has 1 unspecified atom stereocenters. The van der Waals surface area contributed by atoms with Crippen LogP contribution in [0, 0.1) is 17.2 Å². The normalized spacial score (nSPS) is 26.1. The van der Waals surface area contributed by atoms with Crippen LogP contribution in [-0.4, -0.2) is 32.7 Å². The largest absolute Gasteiger partial charge is 0.391 e. The Balaban J connectivity index is 1.45. The van der Waals surface area contributed by atoms with Gasteiger partial charge in [-0.2, -0.15) is 5.26 Å². The maximum atomic E-state index is 13.2. The minimum absolute atomic E-state index is 0.0174. The van der Waals surface area contributed by atoms with Gasteiger partial charge >= 0.3 is 0 Å². The third kappa shape index (κ3) is 3.35. The molecule has 1 amide bonds. The van der Waals surface area contributed by atoms with Crippen molar-refractivity contribution in [1.82, 2.24) is 14.9 Å². The number of benzene rings is 1. The number of nitrogens with one attached hydrogen (secondary N) is 1. The van der Waals surface area contributed by atoms with Gasteiger partial charge in [-0.05, 0) is 49.3 Å². The molecule has 6 heteroatoms. The molecule has 2 aliphatic rings. The highest BCUT2D eigenvalue weighted by Crippen LogP contribution is 2.44. The van der Waals surface area contributed by atoms with E-state index in [0.29, 0.717) is 17.9 Å². The minimum atomic E-state index is -0.561. The maximum Gasteiger partial charge on any atom is 0.230 e. The molecule has 4 rings (SSSR count). The molecular weight excluding hydrogens is 340 g/mol. The third-order valence-electron chi connectivity index (χ3n) is 6.16. The summed E-state index contributed by atoms with van der Waals surface area (Å²) in [5.74, 6) is 0.301. The Kier molecular flexibility index (Phi) is 4.71. The van der Waals surface area contributed by atoms with E-state index in [1.807, 2.05) is 29.0 Å². The molecule has 2 aliphatic carbocycles. The number of hydrogen-bond donors (Lipinski definition) is 2. The fourth-order valence-electron chi connectivity index (χ4n) is 4.49. The number of rotatable bonds is 5. The van der Waals surface area contributed by atoms with Crippen molar-refractivity contribution in [2.45, 2.75) is 56.2 Å². The minimum Gasteiger partial charge on any atom is -0.391 e. The van der Waals surface area contributed by atoms with Crippen LogP contribution >= 0.6 is 0 Å². The monoisotopic (exact) mass is 364 g/mol. The molecule has 6 nitrogen and oxygen atoms in total. The first-order valence-corrected chi connectivity index (χ1v) is 9.56. The van der Waals surface area contributed by atoms with Gasteiger partial charge in [0.2, 0.25) is 5.91 Å². The summed E-state index contributed by atoms with van der Waals surface area (Å²) < 4.78 is 2.02. The van der Waals surface area contributed by atoms with Gasteiger partial charge in [-0.3, -0.25) is 4.79 Å². The molecule has 0 spiro atoms. The van der Waals surface area contributed by atoms with Gasteiger partial charge in [-0.1, -0.05) is 18.6 Å². The predicted octanol–water partition coefficient (Wildman–Crippen LogP) is 2.13. The van der Waals surface area contributed by atoms with E-state index >= 15 is 0 Å². The first-order valence-electron chi connectivity index (χ1n) is 9.56. The number of carbonyl (C=O) groups excluding carboxylic acids is 1. The Hall–Kier alpha value is -2.65. The Morgan fingerprint density at radius 2 is 2.26 bits per heavy atom. The van der Waals surface area contributed by atoms with Crippen molar-refractivity contribution >= 4 is 5.91 Å². The molecule has 3 atom stereocenters. The van der Waals surface area contributed by atoms with Gasteiger partial charge in [0.15, 0.2) is 0 Å². The second-order valence-electron chi connectivity index (χ2n) is 7.87. The molecule has 2 fully saturated rings. The molecule has 27 heavy (non-hydrogen) atoms. The van der Waals surface area contributed by atoms with Gasteiger partial charge in [0.25, 0.3) is 0 Å². The summed E-state index contributed by atoms with van der Waals surface area (Å²) in [6, 6.07) is 9.30. The van der Waals surface area contributed by atoms with Crippen LogP contribution in [0.2, 0.25) is 0 Å². The van der Waals surface area contributed by atoms with Gasteiger partial charge in [-0.25, -0.2) is 4.98 Å². The van der Waals surface area contributed by atoms with Crippen LogP contribution in [0.25, 0.3) is 0 Å².